The highest BCUT2D eigenvalue weighted by molar-refractivity contribution is 5.65. The van der Waals surface area contributed by atoms with E-state index in [1.54, 1.807) is 0 Å². The van der Waals surface area contributed by atoms with Crippen LogP contribution in [-0.4, -0.2) is 22.9 Å². The van der Waals surface area contributed by atoms with E-state index in [4.69, 9.17) is 10.5 Å². The van der Waals surface area contributed by atoms with Crippen molar-refractivity contribution < 1.29 is 14.6 Å². The van der Waals surface area contributed by atoms with Crippen molar-refractivity contribution in [3.8, 4) is 0 Å². The average Bonchev–Trinajstić information content (AvgIpc) is 2.06. The molecule has 0 atom stereocenters. The maximum Gasteiger partial charge on any atom is 0.405 e. The second-order valence-corrected chi connectivity index (χ2v) is 5.40. The van der Waals surface area contributed by atoms with Crippen LogP contribution >= 0.6 is 0 Å². The van der Waals surface area contributed by atoms with Crippen molar-refractivity contribution >= 4 is 6.09 Å². The molecule has 4 nitrogen and oxygen atoms in total. The zero-order valence-corrected chi connectivity index (χ0v) is 9.75. The molecule has 0 heterocycles. The Bertz CT molecular complexity index is 237. The normalized spacial score (nSPS) is 32.4. The van der Waals surface area contributed by atoms with Gasteiger partial charge in [-0.2, -0.15) is 0 Å². The second kappa shape index (κ2) is 4.00. The highest BCUT2D eigenvalue weighted by atomic mass is 16.6. The summed E-state index contributed by atoms with van der Waals surface area (Å²) in [4.78, 5) is 10.9. The van der Waals surface area contributed by atoms with E-state index in [0.29, 0.717) is 25.7 Å². The lowest BCUT2D eigenvalue weighted by Gasteiger charge is -2.46. The number of carbonyl (C=O) groups is 1. The summed E-state index contributed by atoms with van der Waals surface area (Å²) in [7, 11) is 0. The van der Waals surface area contributed by atoms with E-state index < -0.39 is 11.7 Å². The fourth-order valence-corrected chi connectivity index (χ4v) is 2.27. The molecule has 0 aromatic carbocycles. The molecule has 0 saturated heterocycles. The van der Waals surface area contributed by atoms with Crippen LogP contribution in [0, 0.1) is 5.41 Å². The summed E-state index contributed by atoms with van der Waals surface area (Å²) < 4.78 is 5.32. The zero-order valence-electron chi connectivity index (χ0n) is 9.75. The Labute approximate surface area is 90.8 Å². The Morgan fingerprint density at radius 1 is 1.40 bits per heavy atom. The van der Waals surface area contributed by atoms with Crippen LogP contribution in [0.3, 0.4) is 0 Å². The molecular weight excluding hydrogens is 194 g/mol. The fraction of sp³-hybridized carbons (Fsp3) is 0.909. The zero-order chi connectivity index (χ0) is 11.7. The van der Waals surface area contributed by atoms with E-state index in [1.165, 1.54) is 0 Å². The van der Waals surface area contributed by atoms with Crippen LogP contribution in [0.15, 0.2) is 0 Å². The SMILES string of the molecule is CC(C)(C)C1(OC(N)=O)CCC(O)CC1. The number of amides is 1. The van der Waals surface area contributed by atoms with Crippen molar-refractivity contribution in [2.75, 3.05) is 0 Å². The summed E-state index contributed by atoms with van der Waals surface area (Å²) in [6, 6.07) is 0. The summed E-state index contributed by atoms with van der Waals surface area (Å²) in [6.07, 6.45) is 1.72. The summed E-state index contributed by atoms with van der Waals surface area (Å²) in [5, 5.41) is 9.47. The van der Waals surface area contributed by atoms with Crippen molar-refractivity contribution in [1.29, 1.82) is 0 Å². The van der Waals surface area contributed by atoms with Gasteiger partial charge >= 0.3 is 6.09 Å². The highest BCUT2D eigenvalue weighted by Crippen LogP contribution is 2.44. The van der Waals surface area contributed by atoms with Gasteiger partial charge in [0.1, 0.15) is 5.60 Å². The van der Waals surface area contributed by atoms with Crippen LogP contribution in [-0.2, 0) is 4.74 Å². The Hall–Kier alpha value is -0.770. The van der Waals surface area contributed by atoms with Gasteiger partial charge in [0.2, 0.25) is 0 Å². The number of hydrogen-bond donors (Lipinski definition) is 2. The standard InChI is InChI=1S/C11H21NO3/c1-10(2,3)11(15-9(12)14)6-4-8(13)5-7-11/h8,13H,4-7H2,1-3H3,(H2,12,14). The first-order valence-corrected chi connectivity index (χ1v) is 5.43. The molecule has 1 amide bonds. The minimum absolute atomic E-state index is 0.151. The van der Waals surface area contributed by atoms with Crippen molar-refractivity contribution in [1.82, 2.24) is 0 Å². The monoisotopic (exact) mass is 215 g/mol. The van der Waals surface area contributed by atoms with Crippen LogP contribution < -0.4 is 5.73 Å². The molecule has 0 radical (unpaired) electrons. The van der Waals surface area contributed by atoms with Crippen LogP contribution in [0.25, 0.3) is 0 Å². The first kappa shape index (κ1) is 12.3. The van der Waals surface area contributed by atoms with Gasteiger partial charge in [-0.25, -0.2) is 4.79 Å². The van der Waals surface area contributed by atoms with Gasteiger partial charge in [-0.1, -0.05) is 20.8 Å². The lowest BCUT2D eigenvalue weighted by Crippen LogP contribution is -2.51. The number of rotatable bonds is 1. The van der Waals surface area contributed by atoms with Crippen LogP contribution in [0.1, 0.15) is 46.5 Å². The van der Waals surface area contributed by atoms with E-state index in [0.717, 1.165) is 0 Å². The van der Waals surface area contributed by atoms with Crippen LogP contribution in [0.4, 0.5) is 4.79 Å². The summed E-state index contributed by atoms with van der Waals surface area (Å²) in [5.74, 6) is 0. The quantitative estimate of drug-likeness (QED) is 0.700. The molecule has 1 aliphatic rings. The van der Waals surface area contributed by atoms with Crippen molar-refractivity contribution in [2.24, 2.45) is 11.1 Å². The lowest BCUT2D eigenvalue weighted by molar-refractivity contribution is -0.106. The minimum atomic E-state index is -0.721. The second-order valence-electron chi connectivity index (χ2n) is 5.40. The van der Waals surface area contributed by atoms with Gasteiger partial charge in [-0.3, -0.25) is 0 Å². The van der Waals surface area contributed by atoms with Gasteiger partial charge in [0.15, 0.2) is 0 Å². The van der Waals surface area contributed by atoms with Crippen molar-refractivity contribution in [3.05, 3.63) is 0 Å². The molecular formula is C11H21NO3. The molecule has 1 saturated carbocycles. The number of aliphatic hydroxyl groups excluding tert-OH is 1. The Morgan fingerprint density at radius 3 is 2.20 bits per heavy atom. The summed E-state index contributed by atoms with van der Waals surface area (Å²) >= 11 is 0. The molecule has 0 aromatic rings. The molecule has 0 bridgehead atoms. The number of carbonyl (C=O) groups excluding carboxylic acids is 1. The molecule has 0 aliphatic heterocycles. The molecule has 0 aromatic heterocycles. The third-order valence-electron chi connectivity index (χ3n) is 3.43. The highest BCUT2D eigenvalue weighted by Gasteiger charge is 2.47. The van der Waals surface area contributed by atoms with Gasteiger partial charge in [-0.15, -0.1) is 0 Å². The first-order valence-electron chi connectivity index (χ1n) is 5.43. The van der Waals surface area contributed by atoms with E-state index in [9.17, 15) is 9.90 Å². The third kappa shape index (κ3) is 2.62. The Balaban J connectivity index is 2.83. The average molecular weight is 215 g/mol. The first-order chi connectivity index (χ1) is 6.77. The molecule has 1 fully saturated rings. The Morgan fingerprint density at radius 2 is 1.87 bits per heavy atom. The van der Waals surface area contributed by atoms with E-state index in [1.807, 2.05) is 20.8 Å². The lowest BCUT2D eigenvalue weighted by atomic mass is 9.67. The van der Waals surface area contributed by atoms with E-state index in [2.05, 4.69) is 0 Å². The van der Waals surface area contributed by atoms with Crippen LogP contribution in [0.5, 0.6) is 0 Å². The number of nitrogens with two attached hydrogens (primary N) is 1. The maximum atomic E-state index is 10.9. The van der Waals surface area contributed by atoms with Crippen LogP contribution in [0.2, 0.25) is 0 Å². The molecule has 1 aliphatic carbocycles. The molecule has 15 heavy (non-hydrogen) atoms. The predicted molar refractivity (Wildman–Crippen MR) is 57.3 cm³/mol. The molecule has 88 valence electrons. The summed E-state index contributed by atoms with van der Waals surface area (Å²) in [5.41, 5.74) is 4.45. The maximum absolute atomic E-state index is 10.9. The third-order valence-corrected chi connectivity index (χ3v) is 3.43. The topological polar surface area (TPSA) is 72.5 Å². The number of ether oxygens (including phenoxy) is 1. The van der Waals surface area contributed by atoms with Gasteiger partial charge in [-0.05, 0) is 25.7 Å². The predicted octanol–water partition coefficient (Wildman–Crippen LogP) is 1.80. The van der Waals surface area contributed by atoms with Crippen molar-refractivity contribution in [2.45, 2.75) is 58.2 Å². The fourth-order valence-electron chi connectivity index (χ4n) is 2.27. The number of primary amides is 1. The minimum Gasteiger partial charge on any atom is -0.443 e. The van der Waals surface area contributed by atoms with Gasteiger partial charge in [0, 0.05) is 5.41 Å². The van der Waals surface area contributed by atoms with E-state index in [-0.39, 0.29) is 11.5 Å². The largest absolute Gasteiger partial charge is 0.443 e. The summed E-state index contributed by atoms with van der Waals surface area (Å²) in [6.45, 7) is 6.11. The molecule has 0 spiro atoms. The molecule has 1 rings (SSSR count). The Kier molecular flexibility index (Phi) is 3.28. The smallest absolute Gasteiger partial charge is 0.405 e. The van der Waals surface area contributed by atoms with E-state index >= 15 is 0 Å². The molecule has 0 unspecified atom stereocenters. The number of hydrogen-bond acceptors (Lipinski definition) is 3. The van der Waals surface area contributed by atoms with Gasteiger partial charge in [0.05, 0.1) is 6.10 Å². The van der Waals surface area contributed by atoms with Gasteiger partial charge < -0.3 is 15.6 Å². The van der Waals surface area contributed by atoms with Gasteiger partial charge in [0.25, 0.3) is 0 Å². The van der Waals surface area contributed by atoms with Crippen molar-refractivity contribution in [3.63, 3.8) is 0 Å². The molecule has 4 heteroatoms. The number of aliphatic hydroxyl groups is 1. The molecule has 3 N–H and O–H groups in total.